The Labute approximate surface area is 170 Å². The second-order valence-electron chi connectivity index (χ2n) is 6.07. The predicted molar refractivity (Wildman–Crippen MR) is 97.8 cm³/mol. The minimum atomic E-state index is -3.17. The molecule has 4 aromatic rings. The van der Waals surface area contributed by atoms with Crippen LogP contribution in [0.2, 0.25) is 0 Å². The number of carbonyl (C=O) groups excluding carboxylic acids is 1. The number of H-pyrrole nitrogens is 1. The number of amides is 1. The number of aromatic nitrogens is 5. The fourth-order valence-corrected chi connectivity index (χ4v) is 2.97. The molecule has 1 aromatic carbocycles. The lowest BCUT2D eigenvalue weighted by Gasteiger charge is -2.13. The van der Waals surface area contributed by atoms with E-state index in [-0.39, 0.29) is 39.7 Å². The molecule has 0 atom stereocenters. The lowest BCUT2D eigenvalue weighted by Crippen LogP contribution is -2.12. The molecule has 0 fully saturated rings. The molecule has 0 aliphatic rings. The van der Waals surface area contributed by atoms with Gasteiger partial charge in [-0.3, -0.25) is 9.89 Å². The van der Waals surface area contributed by atoms with Crippen LogP contribution in [0, 0.1) is 0 Å². The van der Waals surface area contributed by atoms with E-state index in [1.165, 1.54) is 29.2 Å². The molecule has 0 aliphatic carbocycles. The Balaban J connectivity index is 1.90. The van der Waals surface area contributed by atoms with Crippen LogP contribution in [-0.4, -0.2) is 43.9 Å². The zero-order chi connectivity index (χ0) is 22.1. The largest absolute Gasteiger partial charge is 0.435 e. The molecular formula is C18H12F4N6O3. The summed E-state index contributed by atoms with van der Waals surface area (Å²) in [4.78, 5) is 16.4. The van der Waals surface area contributed by atoms with Crippen molar-refractivity contribution >= 4 is 11.6 Å². The number of alkyl halides is 4. The van der Waals surface area contributed by atoms with Crippen molar-refractivity contribution < 1.29 is 31.8 Å². The maximum absolute atomic E-state index is 12.8. The minimum Gasteiger partial charge on any atom is -0.435 e. The highest BCUT2D eigenvalue weighted by Gasteiger charge is 2.22. The molecule has 0 bridgehead atoms. The van der Waals surface area contributed by atoms with Gasteiger partial charge in [-0.05, 0) is 24.3 Å². The SMILES string of the molecule is NC(=O)c1c(-c2cn[nH]c2)nn2ccc(-c3cc(OC(F)F)ccc3OC(F)F)nc12. The van der Waals surface area contributed by atoms with Gasteiger partial charge >= 0.3 is 13.2 Å². The third kappa shape index (κ3) is 3.97. The van der Waals surface area contributed by atoms with E-state index in [9.17, 15) is 22.4 Å². The van der Waals surface area contributed by atoms with Gasteiger partial charge in [0.1, 0.15) is 22.8 Å². The Kier molecular flexibility index (Phi) is 5.15. The van der Waals surface area contributed by atoms with E-state index in [4.69, 9.17) is 5.73 Å². The van der Waals surface area contributed by atoms with Gasteiger partial charge in [0.15, 0.2) is 5.65 Å². The van der Waals surface area contributed by atoms with E-state index in [1.54, 1.807) is 0 Å². The van der Waals surface area contributed by atoms with Gasteiger partial charge in [-0.25, -0.2) is 9.50 Å². The molecule has 0 saturated carbocycles. The van der Waals surface area contributed by atoms with E-state index in [1.807, 2.05) is 0 Å². The summed E-state index contributed by atoms with van der Waals surface area (Å²) in [7, 11) is 0. The van der Waals surface area contributed by atoms with E-state index in [2.05, 4.69) is 29.8 Å². The number of nitrogens with two attached hydrogens (primary N) is 1. The van der Waals surface area contributed by atoms with Crippen LogP contribution in [0.1, 0.15) is 10.4 Å². The maximum Gasteiger partial charge on any atom is 0.387 e. The lowest BCUT2D eigenvalue weighted by molar-refractivity contribution is -0.0526. The monoisotopic (exact) mass is 436 g/mol. The third-order valence-corrected chi connectivity index (χ3v) is 4.17. The highest BCUT2D eigenvalue weighted by molar-refractivity contribution is 6.04. The first-order chi connectivity index (χ1) is 14.8. The van der Waals surface area contributed by atoms with Gasteiger partial charge in [0.2, 0.25) is 0 Å². The number of benzene rings is 1. The van der Waals surface area contributed by atoms with Crippen LogP contribution in [-0.2, 0) is 0 Å². The summed E-state index contributed by atoms with van der Waals surface area (Å²) >= 11 is 0. The summed E-state index contributed by atoms with van der Waals surface area (Å²) in [5.74, 6) is -1.46. The van der Waals surface area contributed by atoms with Crippen molar-refractivity contribution in [1.82, 2.24) is 24.8 Å². The number of hydrogen-bond acceptors (Lipinski definition) is 6. The molecule has 0 radical (unpaired) electrons. The predicted octanol–water partition coefficient (Wildman–Crippen LogP) is 3.09. The van der Waals surface area contributed by atoms with Crippen LogP contribution >= 0.6 is 0 Å². The number of nitrogens with one attached hydrogen (secondary N) is 1. The normalized spacial score (nSPS) is 11.4. The first-order valence-corrected chi connectivity index (χ1v) is 8.56. The van der Waals surface area contributed by atoms with Crippen molar-refractivity contribution in [3.63, 3.8) is 0 Å². The number of primary amides is 1. The second kappa shape index (κ2) is 7.93. The smallest absolute Gasteiger partial charge is 0.387 e. The molecule has 13 heteroatoms. The van der Waals surface area contributed by atoms with Gasteiger partial charge in [0, 0.05) is 23.5 Å². The van der Waals surface area contributed by atoms with Crippen LogP contribution in [0.5, 0.6) is 11.5 Å². The van der Waals surface area contributed by atoms with E-state index in [0.717, 1.165) is 18.2 Å². The first-order valence-electron chi connectivity index (χ1n) is 8.56. The molecular weight excluding hydrogens is 424 g/mol. The van der Waals surface area contributed by atoms with E-state index < -0.39 is 19.1 Å². The quantitative estimate of drug-likeness (QED) is 0.430. The summed E-state index contributed by atoms with van der Waals surface area (Å²) in [5, 5.41) is 10.6. The number of hydrogen-bond donors (Lipinski definition) is 2. The van der Waals surface area contributed by atoms with Crippen LogP contribution in [0.15, 0.2) is 42.9 Å². The Morgan fingerprint density at radius 2 is 1.90 bits per heavy atom. The topological polar surface area (TPSA) is 120 Å². The average Bonchev–Trinajstić information content (AvgIpc) is 3.35. The molecule has 0 saturated heterocycles. The zero-order valence-corrected chi connectivity index (χ0v) is 15.3. The fraction of sp³-hybridized carbons (Fsp3) is 0.111. The Bertz CT molecular complexity index is 1240. The number of rotatable bonds is 7. The highest BCUT2D eigenvalue weighted by atomic mass is 19.3. The van der Waals surface area contributed by atoms with Crippen LogP contribution in [0.25, 0.3) is 28.2 Å². The van der Waals surface area contributed by atoms with Crippen LogP contribution < -0.4 is 15.2 Å². The van der Waals surface area contributed by atoms with Crippen molar-refractivity contribution in [3.8, 4) is 34.0 Å². The molecule has 0 unspecified atom stereocenters. The minimum absolute atomic E-state index is 0.0179. The van der Waals surface area contributed by atoms with Gasteiger partial charge in [-0.1, -0.05) is 0 Å². The van der Waals surface area contributed by atoms with Gasteiger partial charge in [0.25, 0.3) is 5.91 Å². The number of fused-ring (bicyclic) bond motifs is 1. The summed E-state index contributed by atoms with van der Waals surface area (Å²) in [6, 6.07) is 4.55. The first kappa shape index (κ1) is 20.1. The van der Waals surface area contributed by atoms with E-state index in [0.29, 0.717) is 5.56 Å². The van der Waals surface area contributed by atoms with E-state index >= 15 is 0 Å². The Hall–Kier alpha value is -4.16. The van der Waals surface area contributed by atoms with Crippen molar-refractivity contribution in [3.05, 3.63) is 48.4 Å². The number of carbonyl (C=O) groups is 1. The Morgan fingerprint density at radius 3 is 2.55 bits per heavy atom. The number of aromatic amines is 1. The molecule has 9 nitrogen and oxygen atoms in total. The summed E-state index contributed by atoms with van der Waals surface area (Å²) in [6.07, 6.45) is 4.32. The second-order valence-corrected chi connectivity index (χ2v) is 6.07. The van der Waals surface area contributed by atoms with Crippen molar-refractivity contribution in [2.24, 2.45) is 5.73 Å². The van der Waals surface area contributed by atoms with Crippen LogP contribution in [0.4, 0.5) is 17.6 Å². The highest BCUT2D eigenvalue weighted by Crippen LogP contribution is 2.35. The molecule has 0 spiro atoms. The van der Waals surface area contributed by atoms with Gasteiger partial charge < -0.3 is 15.2 Å². The van der Waals surface area contributed by atoms with Crippen LogP contribution in [0.3, 0.4) is 0 Å². The average molecular weight is 436 g/mol. The molecule has 31 heavy (non-hydrogen) atoms. The molecule has 4 rings (SSSR count). The number of nitrogens with zero attached hydrogens (tertiary/aromatic N) is 4. The van der Waals surface area contributed by atoms with Crippen molar-refractivity contribution in [2.75, 3.05) is 0 Å². The maximum atomic E-state index is 12.8. The summed E-state index contributed by atoms with van der Waals surface area (Å²) < 4.78 is 60.9. The molecule has 0 aliphatic heterocycles. The fourth-order valence-electron chi connectivity index (χ4n) is 2.97. The summed E-state index contributed by atoms with van der Waals surface area (Å²) in [5.41, 5.74) is 6.11. The van der Waals surface area contributed by atoms with Crippen molar-refractivity contribution in [2.45, 2.75) is 13.2 Å². The lowest BCUT2D eigenvalue weighted by atomic mass is 10.1. The number of ether oxygens (including phenoxy) is 2. The van der Waals surface area contributed by atoms with Gasteiger partial charge in [-0.15, -0.1) is 0 Å². The number of halogens is 4. The molecule has 3 N–H and O–H groups in total. The molecule has 3 heterocycles. The van der Waals surface area contributed by atoms with Crippen molar-refractivity contribution in [1.29, 1.82) is 0 Å². The summed E-state index contributed by atoms with van der Waals surface area (Å²) in [6.45, 7) is -6.30. The molecule has 160 valence electrons. The zero-order valence-electron chi connectivity index (χ0n) is 15.3. The Morgan fingerprint density at radius 1 is 1.13 bits per heavy atom. The standard InChI is InChI=1S/C18H12F4N6O3/c19-17(20)30-9-1-2-12(31-18(21)22)10(5-9)11-3-4-28-16(26-11)13(15(23)29)14(27-28)8-6-24-25-7-8/h1-7,17-18H,(H2,23,29)(H,24,25). The third-order valence-electron chi connectivity index (χ3n) is 4.17. The van der Waals surface area contributed by atoms with Gasteiger partial charge in [-0.2, -0.15) is 27.8 Å². The molecule has 3 aromatic heterocycles. The molecule has 1 amide bonds. The van der Waals surface area contributed by atoms with Gasteiger partial charge in [0.05, 0.1) is 11.9 Å².